The Morgan fingerprint density at radius 1 is 1.24 bits per heavy atom. The molecule has 1 aliphatic carbocycles. The van der Waals surface area contributed by atoms with Gasteiger partial charge < -0.3 is 10.0 Å². The van der Waals surface area contributed by atoms with Gasteiger partial charge in [-0.1, -0.05) is 35.5 Å². The van der Waals surface area contributed by atoms with Gasteiger partial charge >= 0.3 is 5.97 Å². The van der Waals surface area contributed by atoms with Gasteiger partial charge in [0.15, 0.2) is 5.69 Å². The molecular formula is C17H16ClN3O3S. The molecule has 25 heavy (non-hydrogen) atoms. The second kappa shape index (κ2) is 7.41. The summed E-state index contributed by atoms with van der Waals surface area (Å²) in [6.07, 6.45) is 1.63. The number of amides is 1. The molecule has 1 heterocycles. The molecule has 1 aliphatic rings. The number of benzene rings is 1. The highest BCUT2D eigenvalue weighted by atomic mass is 35.5. The second-order valence-corrected chi connectivity index (χ2v) is 7.22. The summed E-state index contributed by atoms with van der Waals surface area (Å²) in [5, 5.41) is 18.5. The minimum absolute atomic E-state index is 0.0300. The maximum atomic E-state index is 12.6. The lowest BCUT2D eigenvalue weighted by Crippen LogP contribution is -2.45. The van der Waals surface area contributed by atoms with Crippen molar-refractivity contribution in [2.75, 3.05) is 0 Å². The molecule has 0 saturated heterocycles. The van der Waals surface area contributed by atoms with Gasteiger partial charge in [-0.25, -0.2) is 4.79 Å². The van der Waals surface area contributed by atoms with Crippen LogP contribution in [0, 0.1) is 0 Å². The summed E-state index contributed by atoms with van der Waals surface area (Å²) >= 11 is 7.47. The van der Waals surface area contributed by atoms with Crippen LogP contribution < -0.4 is 0 Å². The summed E-state index contributed by atoms with van der Waals surface area (Å²) < 4.78 is 0. The molecule has 0 aliphatic heterocycles. The number of aromatic nitrogens is 2. The predicted molar refractivity (Wildman–Crippen MR) is 93.9 cm³/mol. The maximum absolute atomic E-state index is 12.6. The van der Waals surface area contributed by atoms with Gasteiger partial charge in [-0.05, 0) is 44.0 Å². The van der Waals surface area contributed by atoms with Crippen molar-refractivity contribution >= 4 is 35.2 Å². The zero-order valence-electron chi connectivity index (χ0n) is 13.4. The highest BCUT2D eigenvalue weighted by molar-refractivity contribution is 7.99. The van der Waals surface area contributed by atoms with Crippen molar-refractivity contribution in [3.8, 4) is 0 Å². The quantitative estimate of drug-likeness (QED) is 0.831. The van der Waals surface area contributed by atoms with Crippen LogP contribution in [0.3, 0.4) is 0 Å². The van der Waals surface area contributed by atoms with Crippen molar-refractivity contribution in [2.45, 2.75) is 41.8 Å². The molecule has 1 unspecified atom stereocenters. The number of halogens is 1. The van der Waals surface area contributed by atoms with Crippen LogP contribution in [0.1, 0.15) is 30.3 Å². The molecule has 1 fully saturated rings. The summed E-state index contributed by atoms with van der Waals surface area (Å²) in [5.41, 5.74) is 0.142. The molecule has 1 atom stereocenters. The fourth-order valence-corrected chi connectivity index (χ4v) is 3.40. The molecule has 0 bridgehead atoms. The van der Waals surface area contributed by atoms with Gasteiger partial charge in [0.05, 0.1) is 5.02 Å². The van der Waals surface area contributed by atoms with Crippen LogP contribution in [0.5, 0.6) is 0 Å². The third kappa shape index (κ3) is 4.11. The van der Waals surface area contributed by atoms with Gasteiger partial charge in [0.25, 0.3) is 5.91 Å². The summed E-state index contributed by atoms with van der Waals surface area (Å²) in [6, 6.07) is 9.71. The second-order valence-electron chi connectivity index (χ2n) is 5.75. The number of nitrogens with zero attached hydrogens (tertiary/aromatic N) is 3. The summed E-state index contributed by atoms with van der Waals surface area (Å²) in [7, 11) is 0. The highest BCUT2D eigenvalue weighted by Gasteiger charge is 2.39. The lowest BCUT2D eigenvalue weighted by atomic mass is 10.2. The lowest BCUT2D eigenvalue weighted by molar-refractivity contribution is -0.141. The number of carbonyl (C=O) groups excluding carboxylic acids is 1. The van der Waals surface area contributed by atoms with Gasteiger partial charge in [-0.2, -0.15) is 0 Å². The zero-order valence-corrected chi connectivity index (χ0v) is 15.0. The first kappa shape index (κ1) is 17.7. The van der Waals surface area contributed by atoms with Gasteiger partial charge in [0, 0.05) is 10.9 Å². The molecule has 1 saturated carbocycles. The molecule has 0 radical (unpaired) electrons. The van der Waals surface area contributed by atoms with E-state index in [0.717, 1.165) is 17.7 Å². The van der Waals surface area contributed by atoms with E-state index in [0.29, 0.717) is 10.0 Å². The average Bonchev–Trinajstić information content (AvgIpc) is 3.42. The topological polar surface area (TPSA) is 83.4 Å². The maximum Gasteiger partial charge on any atom is 0.326 e. The smallest absolute Gasteiger partial charge is 0.326 e. The van der Waals surface area contributed by atoms with Crippen LogP contribution >= 0.6 is 23.4 Å². The highest BCUT2D eigenvalue weighted by Crippen LogP contribution is 2.32. The fraction of sp³-hybridized carbons (Fsp3) is 0.294. The van der Waals surface area contributed by atoms with E-state index in [2.05, 4.69) is 10.2 Å². The first-order valence-electron chi connectivity index (χ1n) is 7.79. The van der Waals surface area contributed by atoms with E-state index in [1.54, 1.807) is 18.2 Å². The van der Waals surface area contributed by atoms with Crippen molar-refractivity contribution < 1.29 is 14.7 Å². The Morgan fingerprint density at radius 3 is 2.52 bits per heavy atom. The van der Waals surface area contributed by atoms with Crippen molar-refractivity contribution in [1.82, 2.24) is 15.1 Å². The number of carboxylic acids is 1. The van der Waals surface area contributed by atoms with Crippen LogP contribution in [0.15, 0.2) is 46.3 Å². The van der Waals surface area contributed by atoms with Gasteiger partial charge in [0.1, 0.15) is 11.1 Å². The Morgan fingerprint density at radius 2 is 1.96 bits per heavy atom. The molecule has 0 spiro atoms. The largest absolute Gasteiger partial charge is 0.480 e. The molecule has 8 heteroatoms. The number of rotatable bonds is 6. The Balaban J connectivity index is 1.76. The summed E-state index contributed by atoms with van der Waals surface area (Å²) in [4.78, 5) is 26.1. The van der Waals surface area contributed by atoms with Gasteiger partial charge in [0.2, 0.25) is 0 Å². The van der Waals surface area contributed by atoms with Gasteiger partial charge in [-0.15, -0.1) is 10.2 Å². The number of carboxylic acid groups (broad SMARTS) is 1. The van der Waals surface area contributed by atoms with Crippen LogP contribution in [-0.2, 0) is 4.79 Å². The van der Waals surface area contributed by atoms with Crippen LogP contribution in [0.2, 0.25) is 5.02 Å². The third-order valence-electron chi connectivity index (χ3n) is 3.86. The van der Waals surface area contributed by atoms with E-state index in [9.17, 15) is 14.7 Å². The van der Waals surface area contributed by atoms with Crippen molar-refractivity contribution in [2.24, 2.45) is 0 Å². The minimum Gasteiger partial charge on any atom is -0.480 e. The summed E-state index contributed by atoms with van der Waals surface area (Å²) in [6.45, 7) is 1.51. The average molecular weight is 378 g/mol. The Bertz CT molecular complexity index is 796. The standard InChI is InChI=1S/C17H16ClN3O3S/c1-10(17(23)24)21(11-6-7-11)16(22)13-8-9-15(20-19-13)25-14-5-3-2-4-12(14)18/h2-5,8-11H,6-7H2,1H3,(H,23,24). The molecule has 1 amide bonds. The molecule has 3 rings (SSSR count). The molecular weight excluding hydrogens is 362 g/mol. The van der Waals surface area contributed by atoms with Crippen molar-refractivity contribution in [1.29, 1.82) is 0 Å². The Hall–Kier alpha value is -2.12. The normalized spacial score (nSPS) is 14.8. The molecule has 2 aromatic rings. The fourth-order valence-electron chi connectivity index (χ4n) is 2.39. The first-order chi connectivity index (χ1) is 12.0. The number of aliphatic carboxylic acids is 1. The Labute approximate surface area is 154 Å². The number of hydrogen-bond acceptors (Lipinski definition) is 5. The van der Waals surface area contributed by atoms with Crippen LogP contribution in [-0.4, -0.2) is 44.2 Å². The van der Waals surface area contributed by atoms with Crippen molar-refractivity contribution in [3.63, 3.8) is 0 Å². The van der Waals surface area contributed by atoms with Crippen molar-refractivity contribution in [3.05, 3.63) is 47.1 Å². The monoisotopic (exact) mass is 377 g/mol. The molecule has 1 aromatic heterocycles. The zero-order chi connectivity index (χ0) is 18.0. The first-order valence-corrected chi connectivity index (χ1v) is 8.98. The molecule has 130 valence electrons. The number of carbonyl (C=O) groups is 2. The van der Waals surface area contributed by atoms with Crippen LogP contribution in [0.25, 0.3) is 0 Å². The Kier molecular flexibility index (Phi) is 5.24. The van der Waals surface area contributed by atoms with Crippen LogP contribution in [0.4, 0.5) is 0 Å². The SMILES string of the molecule is CC(C(=O)O)N(C(=O)c1ccc(Sc2ccccc2Cl)nn1)C1CC1. The molecule has 6 nitrogen and oxygen atoms in total. The van der Waals surface area contributed by atoms with E-state index in [1.807, 2.05) is 18.2 Å². The molecule has 1 aromatic carbocycles. The van der Waals surface area contributed by atoms with E-state index in [-0.39, 0.29) is 11.7 Å². The van der Waals surface area contributed by atoms with E-state index in [4.69, 9.17) is 11.6 Å². The molecule has 1 N–H and O–H groups in total. The van der Waals surface area contributed by atoms with E-state index < -0.39 is 17.9 Å². The minimum atomic E-state index is -1.03. The predicted octanol–water partition coefficient (Wildman–Crippen LogP) is 3.36. The summed E-state index contributed by atoms with van der Waals surface area (Å²) in [5.74, 6) is -1.43. The van der Waals surface area contributed by atoms with E-state index >= 15 is 0 Å². The lowest BCUT2D eigenvalue weighted by Gasteiger charge is -2.25. The van der Waals surface area contributed by atoms with Gasteiger partial charge in [-0.3, -0.25) is 4.79 Å². The number of hydrogen-bond donors (Lipinski definition) is 1. The third-order valence-corrected chi connectivity index (χ3v) is 5.30. The van der Waals surface area contributed by atoms with E-state index in [1.165, 1.54) is 23.6 Å².